The summed E-state index contributed by atoms with van der Waals surface area (Å²) in [7, 11) is 0. The van der Waals surface area contributed by atoms with Gasteiger partial charge in [0.2, 0.25) is 5.91 Å². The predicted molar refractivity (Wildman–Crippen MR) is 65.2 cm³/mol. The summed E-state index contributed by atoms with van der Waals surface area (Å²) in [6, 6.07) is 6.08. The molecule has 5 heteroatoms. The van der Waals surface area contributed by atoms with Crippen LogP contribution in [-0.4, -0.2) is 30.1 Å². The smallest absolute Gasteiger partial charge is 0.335 e. The summed E-state index contributed by atoms with van der Waals surface area (Å²) < 4.78 is 0. The van der Waals surface area contributed by atoms with E-state index in [1.807, 2.05) is 6.92 Å². The molecule has 0 aliphatic carbocycles. The Balaban J connectivity index is 2.46. The second-order valence-electron chi connectivity index (χ2n) is 3.53. The van der Waals surface area contributed by atoms with Gasteiger partial charge in [0.05, 0.1) is 5.56 Å². The van der Waals surface area contributed by atoms with Gasteiger partial charge in [0.15, 0.2) is 0 Å². The number of carbonyl (C=O) groups excluding carboxylic acids is 1. The van der Waals surface area contributed by atoms with Crippen LogP contribution in [0.3, 0.4) is 0 Å². The zero-order chi connectivity index (χ0) is 12.7. The molecule has 0 saturated heterocycles. The van der Waals surface area contributed by atoms with E-state index >= 15 is 0 Å². The van der Waals surface area contributed by atoms with E-state index < -0.39 is 5.97 Å². The topological polar surface area (TPSA) is 78.4 Å². The summed E-state index contributed by atoms with van der Waals surface area (Å²) in [6.07, 6.45) is 0.397. The number of carbonyl (C=O) groups is 2. The van der Waals surface area contributed by atoms with Crippen molar-refractivity contribution in [1.82, 2.24) is 5.32 Å². The minimum atomic E-state index is -0.977. The van der Waals surface area contributed by atoms with Crippen LogP contribution in [-0.2, 0) is 4.79 Å². The van der Waals surface area contributed by atoms with E-state index in [1.54, 1.807) is 12.1 Å². The molecular formula is C12H16N2O3. The first kappa shape index (κ1) is 13.2. The van der Waals surface area contributed by atoms with Gasteiger partial charge in [-0.3, -0.25) is 4.79 Å². The van der Waals surface area contributed by atoms with Crippen molar-refractivity contribution in [3.05, 3.63) is 29.8 Å². The van der Waals surface area contributed by atoms with Gasteiger partial charge in [-0.2, -0.15) is 0 Å². The van der Waals surface area contributed by atoms with Crippen LogP contribution in [0.15, 0.2) is 24.3 Å². The molecule has 17 heavy (non-hydrogen) atoms. The lowest BCUT2D eigenvalue weighted by atomic mass is 10.2. The number of benzene rings is 1. The van der Waals surface area contributed by atoms with E-state index in [4.69, 9.17) is 5.11 Å². The van der Waals surface area contributed by atoms with Crippen LogP contribution < -0.4 is 10.6 Å². The molecule has 5 nitrogen and oxygen atoms in total. The highest BCUT2D eigenvalue weighted by atomic mass is 16.4. The van der Waals surface area contributed by atoms with Crippen molar-refractivity contribution < 1.29 is 14.7 Å². The second kappa shape index (κ2) is 6.65. The number of amides is 1. The average molecular weight is 236 g/mol. The van der Waals surface area contributed by atoms with Crippen LogP contribution in [0.5, 0.6) is 0 Å². The highest BCUT2D eigenvalue weighted by Crippen LogP contribution is 2.09. The number of rotatable bonds is 6. The van der Waals surface area contributed by atoms with Gasteiger partial charge in [-0.15, -0.1) is 0 Å². The van der Waals surface area contributed by atoms with E-state index in [-0.39, 0.29) is 11.5 Å². The molecule has 3 N–H and O–H groups in total. The number of carboxylic acid groups (broad SMARTS) is 1. The van der Waals surface area contributed by atoms with E-state index in [2.05, 4.69) is 10.6 Å². The monoisotopic (exact) mass is 236 g/mol. The predicted octanol–water partition coefficient (Wildman–Crippen LogP) is 1.32. The number of aromatic carboxylic acids is 1. The second-order valence-corrected chi connectivity index (χ2v) is 3.53. The van der Waals surface area contributed by atoms with Crippen molar-refractivity contribution in [2.75, 3.05) is 18.4 Å². The SMILES string of the molecule is CCNCCC(=O)Nc1ccc(C(=O)O)cc1. The molecule has 0 aliphatic rings. The maximum absolute atomic E-state index is 11.4. The third-order valence-electron chi connectivity index (χ3n) is 2.19. The Morgan fingerprint density at radius 2 is 1.88 bits per heavy atom. The molecular weight excluding hydrogens is 220 g/mol. The van der Waals surface area contributed by atoms with Crippen molar-refractivity contribution in [2.24, 2.45) is 0 Å². The molecule has 0 bridgehead atoms. The van der Waals surface area contributed by atoms with Crippen molar-refractivity contribution >= 4 is 17.6 Å². The van der Waals surface area contributed by atoms with Gasteiger partial charge < -0.3 is 15.7 Å². The van der Waals surface area contributed by atoms with Crippen molar-refractivity contribution in [3.8, 4) is 0 Å². The zero-order valence-corrected chi connectivity index (χ0v) is 9.69. The van der Waals surface area contributed by atoms with Crippen LogP contribution in [0.25, 0.3) is 0 Å². The normalized spacial score (nSPS) is 9.94. The maximum Gasteiger partial charge on any atom is 0.335 e. The van der Waals surface area contributed by atoms with Gasteiger partial charge in [-0.05, 0) is 30.8 Å². The minimum Gasteiger partial charge on any atom is -0.478 e. The molecule has 0 fully saturated rings. The number of carboxylic acids is 1. The van der Waals surface area contributed by atoms with E-state index in [9.17, 15) is 9.59 Å². The molecule has 0 spiro atoms. The first-order valence-electron chi connectivity index (χ1n) is 5.47. The summed E-state index contributed by atoms with van der Waals surface area (Å²) in [6.45, 7) is 3.44. The molecule has 0 aliphatic heterocycles. The fraction of sp³-hybridized carbons (Fsp3) is 0.333. The molecule has 0 radical (unpaired) electrons. The lowest BCUT2D eigenvalue weighted by Gasteiger charge is -2.05. The van der Waals surface area contributed by atoms with Crippen molar-refractivity contribution in [3.63, 3.8) is 0 Å². The Labute approximate surface area is 99.8 Å². The quantitative estimate of drug-likeness (QED) is 0.651. The number of anilines is 1. The Bertz CT molecular complexity index is 387. The zero-order valence-electron chi connectivity index (χ0n) is 9.69. The molecule has 92 valence electrons. The highest BCUT2D eigenvalue weighted by Gasteiger charge is 2.04. The van der Waals surface area contributed by atoms with Gasteiger partial charge in [0.1, 0.15) is 0 Å². The van der Waals surface area contributed by atoms with Gasteiger partial charge in [-0.25, -0.2) is 4.79 Å². The van der Waals surface area contributed by atoms with Crippen LogP contribution in [0, 0.1) is 0 Å². The summed E-state index contributed by atoms with van der Waals surface area (Å²) in [5, 5.41) is 14.5. The number of nitrogens with one attached hydrogen (secondary N) is 2. The standard InChI is InChI=1S/C12H16N2O3/c1-2-13-8-7-11(15)14-10-5-3-9(4-6-10)12(16)17/h3-6,13H,2,7-8H2,1H3,(H,14,15)(H,16,17). The highest BCUT2D eigenvalue weighted by molar-refractivity contribution is 5.92. The van der Waals surface area contributed by atoms with Gasteiger partial charge in [-0.1, -0.05) is 6.92 Å². The summed E-state index contributed by atoms with van der Waals surface area (Å²) in [4.78, 5) is 22.1. The minimum absolute atomic E-state index is 0.0889. The average Bonchev–Trinajstić information content (AvgIpc) is 2.30. The van der Waals surface area contributed by atoms with Gasteiger partial charge >= 0.3 is 5.97 Å². The Kier molecular flexibility index (Phi) is 5.16. The fourth-order valence-electron chi connectivity index (χ4n) is 1.30. The first-order chi connectivity index (χ1) is 8.13. The molecule has 1 aromatic carbocycles. The third kappa shape index (κ3) is 4.65. The molecule has 1 rings (SSSR count). The Hall–Kier alpha value is -1.88. The molecule has 1 amide bonds. The maximum atomic E-state index is 11.4. The third-order valence-corrected chi connectivity index (χ3v) is 2.19. The molecule has 0 atom stereocenters. The Morgan fingerprint density at radius 1 is 1.24 bits per heavy atom. The van der Waals surface area contributed by atoms with Crippen molar-refractivity contribution in [2.45, 2.75) is 13.3 Å². The van der Waals surface area contributed by atoms with Gasteiger partial charge in [0.25, 0.3) is 0 Å². The largest absolute Gasteiger partial charge is 0.478 e. The summed E-state index contributed by atoms with van der Waals surface area (Å²) in [5.74, 6) is -1.07. The first-order valence-corrected chi connectivity index (χ1v) is 5.47. The number of hydrogen-bond donors (Lipinski definition) is 3. The fourth-order valence-corrected chi connectivity index (χ4v) is 1.30. The molecule has 0 saturated carbocycles. The summed E-state index contributed by atoms with van der Waals surface area (Å²) in [5.41, 5.74) is 0.812. The van der Waals surface area contributed by atoms with Crippen LogP contribution >= 0.6 is 0 Å². The lowest BCUT2D eigenvalue weighted by Crippen LogP contribution is -2.21. The van der Waals surface area contributed by atoms with Crippen molar-refractivity contribution in [1.29, 1.82) is 0 Å². The van der Waals surface area contributed by atoms with Crippen LogP contribution in [0.2, 0.25) is 0 Å². The lowest BCUT2D eigenvalue weighted by molar-refractivity contribution is -0.116. The molecule has 0 unspecified atom stereocenters. The molecule has 0 aromatic heterocycles. The molecule has 1 aromatic rings. The van der Waals surface area contributed by atoms with E-state index in [0.29, 0.717) is 18.7 Å². The van der Waals surface area contributed by atoms with E-state index in [1.165, 1.54) is 12.1 Å². The van der Waals surface area contributed by atoms with E-state index in [0.717, 1.165) is 6.54 Å². The molecule has 0 heterocycles. The van der Waals surface area contributed by atoms with Gasteiger partial charge in [0, 0.05) is 18.7 Å². The summed E-state index contributed by atoms with van der Waals surface area (Å²) >= 11 is 0. The Morgan fingerprint density at radius 3 is 2.41 bits per heavy atom. The van der Waals surface area contributed by atoms with Crippen LogP contribution in [0.1, 0.15) is 23.7 Å². The van der Waals surface area contributed by atoms with Crippen LogP contribution in [0.4, 0.5) is 5.69 Å². The number of hydrogen-bond acceptors (Lipinski definition) is 3.